The highest BCUT2D eigenvalue weighted by Crippen LogP contribution is 2.36. The van der Waals surface area contributed by atoms with E-state index >= 15 is 0 Å². The number of carbonyl (C=O) groups excluding carboxylic acids is 1. The largest absolute Gasteiger partial charge is 0.486 e. The van der Waals surface area contributed by atoms with Gasteiger partial charge in [-0.05, 0) is 79.7 Å². The van der Waals surface area contributed by atoms with Gasteiger partial charge in [0.1, 0.15) is 24.0 Å². The van der Waals surface area contributed by atoms with Gasteiger partial charge in [-0.15, -0.1) is 0 Å². The number of aromatic amines is 1. The van der Waals surface area contributed by atoms with Gasteiger partial charge >= 0.3 is 0 Å². The summed E-state index contributed by atoms with van der Waals surface area (Å²) in [5, 5.41) is 14.2. The van der Waals surface area contributed by atoms with Crippen molar-refractivity contribution in [3.05, 3.63) is 103 Å². The molecule has 0 radical (unpaired) electrons. The van der Waals surface area contributed by atoms with E-state index in [0.29, 0.717) is 44.9 Å². The van der Waals surface area contributed by atoms with Gasteiger partial charge in [-0.3, -0.25) is 4.79 Å². The number of benzene rings is 3. The predicted molar refractivity (Wildman–Crippen MR) is 146 cm³/mol. The third-order valence-electron chi connectivity index (χ3n) is 5.38. The van der Waals surface area contributed by atoms with Gasteiger partial charge in [-0.1, -0.05) is 48.0 Å². The molecule has 1 aromatic heterocycles. The van der Waals surface area contributed by atoms with E-state index in [1.807, 2.05) is 60.8 Å². The molecule has 1 heterocycles. The second-order valence-corrected chi connectivity index (χ2v) is 9.84. The molecule has 4 aromatic rings. The fourth-order valence-corrected chi connectivity index (χ4v) is 5.27. The maximum atomic E-state index is 12.6. The lowest BCUT2D eigenvalue weighted by atomic mass is 10.1. The molecule has 4 rings (SSSR count). The highest BCUT2D eigenvalue weighted by molar-refractivity contribution is 9.11. The summed E-state index contributed by atoms with van der Waals surface area (Å²) >= 11 is 13.2. The highest BCUT2D eigenvalue weighted by atomic mass is 79.9. The number of halogens is 3. The molecular formula is C27H20Br2ClN3O2. The first-order chi connectivity index (χ1) is 17.0. The topological polar surface area (TPSA) is 77.9 Å². The molecule has 0 aliphatic rings. The Morgan fingerprint density at radius 2 is 1.80 bits per heavy atom. The molecule has 0 saturated carbocycles. The van der Waals surface area contributed by atoms with Crippen LogP contribution >= 0.6 is 43.5 Å². The Morgan fingerprint density at radius 1 is 1.09 bits per heavy atom. The summed E-state index contributed by atoms with van der Waals surface area (Å²) in [6.45, 7) is 0.719. The fourth-order valence-electron chi connectivity index (χ4n) is 3.63. The molecule has 0 aliphatic heterocycles. The second-order valence-electron chi connectivity index (χ2n) is 7.73. The number of hydrogen-bond acceptors (Lipinski definition) is 3. The second kappa shape index (κ2) is 11.6. The quantitative estimate of drug-likeness (QED) is 0.163. The summed E-state index contributed by atoms with van der Waals surface area (Å²) < 4.78 is 7.31. The van der Waals surface area contributed by atoms with Crippen molar-refractivity contribution in [2.45, 2.75) is 13.0 Å². The van der Waals surface area contributed by atoms with Crippen molar-refractivity contribution < 1.29 is 9.53 Å². The Hall–Kier alpha value is -3.05. The first-order valence-electron chi connectivity index (χ1n) is 10.8. The maximum absolute atomic E-state index is 12.6. The van der Waals surface area contributed by atoms with Crippen molar-refractivity contribution in [1.29, 1.82) is 5.26 Å². The molecule has 3 aromatic carbocycles. The van der Waals surface area contributed by atoms with E-state index in [-0.39, 0.29) is 5.57 Å². The Balaban J connectivity index is 1.41. The number of amides is 1. The van der Waals surface area contributed by atoms with E-state index in [9.17, 15) is 10.1 Å². The Bertz CT molecular complexity index is 1430. The third-order valence-corrected chi connectivity index (χ3v) is 6.93. The van der Waals surface area contributed by atoms with Gasteiger partial charge in [-0.2, -0.15) is 5.26 Å². The standard InChI is InChI=1S/C27H20Br2ClN3O2/c28-22-12-17(13-23(29)26(22)35-16-19-5-1-3-7-24(19)30)11-20(14-31)27(34)32-10-9-18-15-33-25-8-4-2-6-21(18)25/h1-8,11-13,15,33H,9-10,16H2,(H,32,34)/b20-11-. The minimum absolute atomic E-state index is 0.0208. The van der Waals surface area contributed by atoms with Gasteiger partial charge in [0.25, 0.3) is 5.91 Å². The van der Waals surface area contributed by atoms with Crippen LogP contribution in [-0.4, -0.2) is 17.4 Å². The maximum Gasteiger partial charge on any atom is 0.261 e. The number of ether oxygens (including phenoxy) is 1. The summed E-state index contributed by atoms with van der Waals surface area (Å²) in [5.74, 6) is 0.183. The van der Waals surface area contributed by atoms with Gasteiger partial charge in [0.05, 0.1) is 8.95 Å². The van der Waals surface area contributed by atoms with E-state index in [1.165, 1.54) is 0 Å². The predicted octanol–water partition coefficient (Wildman–Crippen LogP) is 7.19. The van der Waals surface area contributed by atoms with Crippen molar-refractivity contribution in [3.63, 3.8) is 0 Å². The molecule has 35 heavy (non-hydrogen) atoms. The Morgan fingerprint density at radius 3 is 2.54 bits per heavy atom. The van der Waals surface area contributed by atoms with Crippen molar-refractivity contribution in [2.75, 3.05) is 6.54 Å². The molecule has 1 amide bonds. The smallest absolute Gasteiger partial charge is 0.261 e. The minimum Gasteiger partial charge on any atom is -0.486 e. The van der Waals surface area contributed by atoms with Crippen LogP contribution in [-0.2, 0) is 17.8 Å². The Labute approximate surface area is 225 Å². The van der Waals surface area contributed by atoms with Crippen LogP contribution in [0.2, 0.25) is 5.02 Å². The van der Waals surface area contributed by atoms with Crippen molar-refractivity contribution in [1.82, 2.24) is 10.3 Å². The van der Waals surface area contributed by atoms with Crippen LogP contribution in [0, 0.1) is 11.3 Å². The molecular weight excluding hydrogens is 594 g/mol. The number of nitrogens with zero attached hydrogens (tertiary/aromatic N) is 1. The summed E-state index contributed by atoms with van der Waals surface area (Å²) in [6, 6.07) is 21.1. The lowest BCUT2D eigenvalue weighted by Gasteiger charge is -2.12. The number of rotatable bonds is 8. The lowest BCUT2D eigenvalue weighted by Crippen LogP contribution is -2.26. The third kappa shape index (κ3) is 6.15. The molecule has 8 heteroatoms. The minimum atomic E-state index is -0.418. The Kier molecular flexibility index (Phi) is 8.29. The van der Waals surface area contributed by atoms with Crippen LogP contribution in [0.5, 0.6) is 5.75 Å². The van der Waals surface area contributed by atoms with Gasteiger partial charge < -0.3 is 15.0 Å². The first kappa shape index (κ1) is 25.1. The highest BCUT2D eigenvalue weighted by Gasteiger charge is 2.13. The lowest BCUT2D eigenvalue weighted by molar-refractivity contribution is -0.117. The SMILES string of the molecule is N#C/C(=C/c1cc(Br)c(OCc2ccccc2Cl)c(Br)c1)C(=O)NCCc1c[nH]c2ccccc12. The van der Waals surface area contributed by atoms with Crippen LogP contribution in [0.4, 0.5) is 0 Å². The molecule has 0 saturated heterocycles. The van der Waals surface area contributed by atoms with E-state index < -0.39 is 5.91 Å². The molecule has 0 fully saturated rings. The molecule has 2 N–H and O–H groups in total. The molecule has 0 atom stereocenters. The number of hydrogen-bond donors (Lipinski definition) is 2. The summed E-state index contributed by atoms with van der Waals surface area (Å²) in [7, 11) is 0. The number of nitrogens with one attached hydrogen (secondary N) is 2. The summed E-state index contributed by atoms with van der Waals surface area (Å²) in [4.78, 5) is 15.9. The van der Waals surface area contributed by atoms with Crippen molar-refractivity contribution in [2.24, 2.45) is 0 Å². The van der Waals surface area contributed by atoms with Crippen LogP contribution in [0.15, 0.2) is 81.4 Å². The average Bonchev–Trinajstić information content (AvgIpc) is 3.26. The van der Waals surface area contributed by atoms with Gasteiger partial charge in [0.15, 0.2) is 0 Å². The number of fused-ring (bicyclic) bond motifs is 1. The van der Waals surface area contributed by atoms with Crippen molar-refractivity contribution >= 4 is 66.3 Å². The van der Waals surface area contributed by atoms with Crippen LogP contribution in [0.3, 0.4) is 0 Å². The van der Waals surface area contributed by atoms with E-state index in [1.54, 1.807) is 18.2 Å². The van der Waals surface area contributed by atoms with Crippen molar-refractivity contribution in [3.8, 4) is 11.8 Å². The van der Waals surface area contributed by atoms with Crippen LogP contribution in [0.1, 0.15) is 16.7 Å². The first-order valence-corrected chi connectivity index (χ1v) is 12.7. The number of carbonyl (C=O) groups is 1. The van der Waals surface area contributed by atoms with Gasteiger partial charge in [0, 0.05) is 34.2 Å². The monoisotopic (exact) mass is 611 g/mol. The van der Waals surface area contributed by atoms with Gasteiger partial charge in [0.2, 0.25) is 0 Å². The molecule has 0 bridgehead atoms. The van der Waals surface area contributed by atoms with E-state index in [0.717, 1.165) is 22.0 Å². The summed E-state index contributed by atoms with van der Waals surface area (Å²) in [5.41, 5.74) is 3.74. The molecule has 0 spiro atoms. The molecule has 5 nitrogen and oxygen atoms in total. The fraction of sp³-hybridized carbons (Fsp3) is 0.111. The van der Waals surface area contributed by atoms with E-state index in [2.05, 4.69) is 42.2 Å². The normalized spacial score (nSPS) is 11.3. The molecule has 0 unspecified atom stereocenters. The van der Waals surface area contributed by atoms with Crippen LogP contribution < -0.4 is 10.1 Å². The van der Waals surface area contributed by atoms with E-state index in [4.69, 9.17) is 16.3 Å². The number of H-pyrrole nitrogens is 1. The zero-order valence-corrected chi connectivity index (χ0v) is 22.4. The molecule has 176 valence electrons. The molecule has 0 aliphatic carbocycles. The van der Waals surface area contributed by atoms with Gasteiger partial charge in [-0.25, -0.2) is 0 Å². The summed E-state index contributed by atoms with van der Waals surface area (Å²) in [6.07, 6.45) is 4.15. The average molecular weight is 614 g/mol. The zero-order chi connectivity index (χ0) is 24.8. The number of para-hydroxylation sites is 1. The van der Waals surface area contributed by atoms with Crippen LogP contribution in [0.25, 0.3) is 17.0 Å². The zero-order valence-electron chi connectivity index (χ0n) is 18.4. The number of aromatic nitrogens is 1. The number of nitriles is 1.